The Balaban J connectivity index is 1.56. The summed E-state index contributed by atoms with van der Waals surface area (Å²) in [5.74, 6) is -1.75. The molecule has 0 unspecified atom stereocenters. The van der Waals surface area contributed by atoms with E-state index in [0.717, 1.165) is 35.5 Å². The Morgan fingerprint density at radius 1 is 0.878 bits per heavy atom. The second kappa shape index (κ2) is 13.3. The van der Waals surface area contributed by atoms with E-state index in [1.54, 1.807) is 0 Å². The number of amides is 1. The van der Waals surface area contributed by atoms with E-state index in [1.165, 1.54) is 23.8 Å². The molecule has 0 aliphatic carbocycles. The summed E-state index contributed by atoms with van der Waals surface area (Å²) < 4.78 is 44.1. The molecule has 0 aliphatic heterocycles. The first-order valence-electron chi connectivity index (χ1n) is 13.1. The number of halogens is 3. The maximum absolute atomic E-state index is 12.8. The molecule has 218 valence electrons. The third kappa shape index (κ3) is 8.83. The van der Waals surface area contributed by atoms with Crippen LogP contribution in [0.2, 0.25) is 0 Å². The van der Waals surface area contributed by atoms with Crippen LogP contribution in [0.5, 0.6) is 5.75 Å². The second-order valence-corrected chi connectivity index (χ2v) is 10.3. The van der Waals surface area contributed by atoms with Gasteiger partial charge in [-0.1, -0.05) is 57.1 Å². The molecule has 0 heterocycles. The van der Waals surface area contributed by atoms with Gasteiger partial charge >= 0.3 is 12.1 Å². The Morgan fingerprint density at radius 2 is 1.49 bits per heavy atom. The van der Waals surface area contributed by atoms with Crippen LogP contribution in [0.15, 0.2) is 71.9 Å². The van der Waals surface area contributed by atoms with Gasteiger partial charge in [-0.15, -0.1) is 0 Å². The lowest BCUT2D eigenvalue weighted by molar-refractivity contribution is -0.137. The van der Waals surface area contributed by atoms with Crippen molar-refractivity contribution >= 4 is 23.3 Å². The van der Waals surface area contributed by atoms with Crippen molar-refractivity contribution in [2.24, 2.45) is 5.16 Å². The van der Waals surface area contributed by atoms with Crippen LogP contribution in [0.3, 0.4) is 0 Å². The van der Waals surface area contributed by atoms with Crippen molar-refractivity contribution in [3.63, 3.8) is 0 Å². The van der Waals surface area contributed by atoms with Crippen molar-refractivity contribution in [3.05, 3.63) is 94.5 Å². The lowest BCUT2D eigenvalue weighted by Crippen LogP contribution is -2.15. The smallest absolute Gasteiger partial charge is 0.416 e. The number of nitrogens with one attached hydrogen (secondary N) is 1. The molecule has 7 nitrogen and oxygen atoms in total. The van der Waals surface area contributed by atoms with E-state index in [1.807, 2.05) is 19.1 Å². The molecular weight excluding hydrogens is 537 g/mol. The van der Waals surface area contributed by atoms with E-state index < -0.39 is 23.6 Å². The summed E-state index contributed by atoms with van der Waals surface area (Å²) in [5.41, 5.74) is 1.90. The number of anilines is 1. The first-order chi connectivity index (χ1) is 19.3. The zero-order chi connectivity index (χ0) is 30.2. The fourth-order valence-corrected chi connectivity index (χ4v) is 3.83. The molecule has 0 spiro atoms. The largest absolute Gasteiger partial charge is 0.493 e. The van der Waals surface area contributed by atoms with Crippen LogP contribution in [0.1, 0.15) is 77.9 Å². The fraction of sp³-hybridized carbons (Fsp3) is 0.323. The molecule has 41 heavy (non-hydrogen) atoms. The maximum Gasteiger partial charge on any atom is 0.416 e. The first kappa shape index (κ1) is 31.2. The highest BCUT2D eigenvalue weighted by molar-refractivity contribution is 6.08. The summed E-state index contributed by atoms with van der Waals surface area (Å²) in [5, 5.41) is 16.2. The van der Waals surface area contributed by atoms with Gasteiger partial charge in [0.25, 0.3) is 5.91 Å². The van der Waals surface area contributed by atoms with E-state index in [-0.39, 0.29) is 35.4 Å². The van der Waals surface area contributed by atoms with Crippen LogP contribution < -0.4 is 10.1 Å². The van der Waals surface area contributed by atoms with Gasteiger partial charge in [0.1, 0.15) is 12.4 Å². The van der Waals surface area contributed by atoms with Gasteiger partial charge in [-0.05, 0) is 59.4 Å². The molecule has 10 heteroatoms. The first-order valence-corrected chi connectivity index (χ1v) is 13.1. The summed E-state index contributed by atoms with van der Waals surface area (Å²) >= 11 is 0. The van der Waals surface area contributed by atoms with Crippen molar-refractivity contribution in [3.8, 4) is 5.75 Å². The highest BCUT2D eigenvalue weighted by Crippen LogP contribution is 2.30. The van der Waals surface area contributed by atoms with Crippen LogP contribution >= 0.6 is 0 Å². The monoisotopic (exact) mass is 570 g/mol. The van der Waals surface area contributed by atoms with Gasteiger partial charge in [0.2, 0.25) is 0 Å². The molecule has 0 fully saturated rings. The van der Waals surface area contributed by atoms with Crippen LogP contribution in [-0.2, 0) is 16.4 Å². The number of carboxylic acids is 1. The highest BCUT2D eigenvalue weighted by Gasteiger charge is 2.30. The van der Waals surface area contributed by atoms with E-state index >= 15 is 0 Å². The summed E-state index contributed by atoms with van der Waals surface area (Å²) in [6.07, 6.45) is -3.36. The van der Waals surface area contributed by atoms with Gasteiger partial charge in [0.15, 0.2) is 0 Å². The van der Waals surface area contributed by atoms with Crippen molar-refractivity contribution in [2.45, 2.75) is 52.1 Å². The number of alkyl halides is 3. The molecule has 0 saturated carbocycles. The zero-order valence-corrected chi connectivity index (χ0v) is 23.3. The number of nitrogens with zero attached hydrogens (tertiary/aromatic N) is 1. The number of ether oxygens (including phenoxy) is 1. The minimum absolute atomic E-state index is 0.0502. The molecular formula is C31H33F3N2O5. The number of rotatable bonds is 11. The van der Waals surface area contributed by atoms with Gasteiger partial charge in [-0.2, -0.15) is 13.2 Å². The third-order valence-electron chi connectivity index (χ3n) is 6.19. The molecule has 0 aliphatic rings. The number of carboxylic acid groups (broad SMARTS) is 1. The number of hydrogen-bond donors (Lipinski definition) is 2. The van der Waals surface area contributed by atoms with E-state index in [2.05, 4.69) is 43.4 Å². The molecule has 3 aromatic rings. The predicted molar refractivity (Wildman–Crippen MR) is 151 cm³/mol. The van der Waals surface area contributed by atoms with Crippen LogP contribution in [0.4, 0.5) is 18.9 Å². The fourth-order valence-electron chi connectivity index (χ4n) is 3.83. The summed E-state index contributed by atoms with van der Waals surface area (Å²) in [6.45, 7) is 8.98. The van der Waals surface area contributed by atoms with Gasteiger partial charge < -0.3 is 20.0 Å². The van der Waals surface area contributed by atoms with E-state index in [0.29, 0.717) is 18.6 Å². The normalized spacial score (nSPS) is 12.1. The van der Waals surface area contributed by atoms with E-state index in [4.69, 9.17) is 9.57 Å². The van der Waals surface area contributed by atoms with Gasteiger partial charge in [-0.3, -0.25) is 4.79 Å². The van der Waals surface area contributed by atoms with Crippen molar-refractivity contribution in [1.82, 2.24) is 0 Å². The minimum atomic E-state index is -4.54. The number of carbonyl (C=O) groups is 2. The van der Waals surface area contributed by atoms with Gasteiger partial charge in [0, 0.05) is 18.1 Å². The highest BCUT2D eigenvalue weighted by atomic mass is 19.4. The third-order valence-corrected chi connectivity index (χ3v) is 6.19. The lowest BCUT2D eigenvalue weighted by atomic mass is 9.86. The lowest BCUT2D eigenvalue weighted by Gasteiger charge is -2.19. The van der Waals surface area contributed by atoms with Gasteiger partial charge in [0.05, 0.1) is 29.1 Å². The van der Waals surface area contributed by atoms with Crippen LogP contribution in [-0.4, -0.2) is 35.9 Å². The number of benzene rings is 3. The second-order valence-electron chi connectivity index (χ2n) is 10.3. The minimum Gasteiger partial charge on any atom is -0.493 e. The average Bonchev–Trinajstić information content (AvgIpc) is 2.92. The van der Waals surface area contributed by atoms with Crippen molar-refractivity contribution < 1.29 is 37.4 Å². The number of aromatic carboxylic acids is 1. The summed E-state index contributed by atoms with van der Waals surface area (Å²) in [7, 11) is 0. The Hall–Kier alpha value is -4.34. The number of oxime groups is 1. The van der Waals surface area contributed by atoms with E-state index in [9.17, 15) is 27.9 Å². The molecule has 0 radical (unpaired) electrons. The Labute approximate surface area is 237 Å². The number of carbonyl (C=O) groups excluding carboxylic acids is 1. The summed E-state index contributed by atoms with van der Waals surface area (Å²) in [4.78, 5) is 29.7. The summed E-state index contributed by atoms with van der Waals surface area (Å²) in [6, 6.07) is 15.9. The zero-order valence-electron chi connectivity index (χ0n) is 23.3. The molecule has 0 bridgehead atoms. The molecule has 0 atom stereocenters. The standard InChI is InChI=1S/C31H33F3N2O5/c1-5-26(20-7-11-22(12-8-20)30(2,3)4)36-41-18-6-17-40-24-15-16-25(29(38)39)27(19-24)35-28(37)21-9-13-23(14-10-21)31(32,33)34/h7-16,19H,5-6,17-18H2,1-4H3,(H,35,37)(H,38,39). The molecule has 3 aromatic carbocycles. The average molecular weight is 571 g/mol. The number of hydrogen-bond acceptors (Lipinski definition) is 5. The molecule has 0 aromatic heterocycles. The maximum atomic E-state index is 12.8. The molecule has 1 amide bonds. The predicted octanol–water partition coefficient (Wildman–Crippen LogP) is 7.55. The van der Waals surface area contributed by atoms with Crippen LogP contribution in [0, 0.1) is 0 Å². The Morgan fingerprint density at radius 3 is 2.05 bits per heavy atom. The van der Waals surface area contributed by atoms with Gasteiger partial charge in [-0.25, -0.2) is 4.79 Å². The molecule has 2 N–H and O–H groups in total. The van der Waals surface area contributed by atoms with Crippen molar-refractivity contribution in [1.29, 1.82) is 0 Å². The SMILES string of the molecule is CCC(=NOCCCOc1ccc(C(=O)O)c(NC(=O)c2ccc(C(F)(F)F)cc2)c1)c1ccc(C(C)(C)C)cc1. The molecule has 0 saturated heterocycles. The topological polar surface area (TPSA) is 97.2 Å². The van der Waals surface area contributed by atoms with Crippen LogP contribution in [0.25, 0.3) is 0 Å². The quantitative estimate of drug-likeness (QED) is 0.141. The Bertz CT molecular complexity index is 1380. The van der Waals surface area contributed by atoms with Crippen molar-refractivity contribution in [2.75, 3.05) is 18.5 Å². The Kier molecular flexibility index (Phi) is 10.2. The molecule has 3 rings (SSSR count).